The SMILES string of the molecule is Brc1ccc(-c2cccc3cncn23)cc1. The molecular formula is C13H9BrN2. The predicted octanol–water partition coefficient (Wildman–Crippen LogP) is 3.76. The van der Waals surface area contributed by atoms with Gasteiger partial charge in [-0.05, 0) is 29.8 Å². The normalized spacial score (nSPS) is 10.8. The molecule has 0 aliphatic rings. The Morgan fingerprint density at radius 2 is 1.81 bits per heavy atom. The molecule has 0 atom stereocenters. The molecule has 2 aromatic heterocycles. The molecule has 0 saturated heterocycles. The van der Waals surface area contributed by atoms with Gasteiger partial charge in [-0.25, -0.2) is 4.98 Å². The van der Waals surface area contributed by atoms with Crippen molar-refractivity contribution < 1.29 is 0 Å². The smallest absolute Gasteiger partial charge is 0.0997 e. The minimum Gasteiger partial charge on any atom is -0.299 e. The summed E-state index contributed by atoms with van der Waals surface area (Å²) in [6.45, 7) is 0. The van der Waals surface area contributed by atoms with E-state index in [4.69, 9.17) is 0 Å². The van der Waals surface area contributed by atoms with E-state index in [0.29, 0.717) is 0 Å². The van der Waals surface area contributed by atoms with Gasteiger partial charge in [0.25, 0.3) is 0 Å². The number of pyridine rings is 1. The highest BCUT2D eigenvalue weighted by Crippen LogP contribution is 2.22. The van der Waals surface area contributed by atoms with Crippen LogP contribution in [-0.2, 0) is 0 Å². The highest BCUT2D eigenvalue weighted by atomic mass is 79.9. The molecule has 0 radical (unpaired) electrons. The number of hydrogen-bond donors (Lipinski definition) is 0. The van der Waals surface area contributed by atoms with Gasteiger partial charge in [-0.1, -0.05) is 34.1 Å². The Morgan fingerprint density at radius 1 is 1.00 bits per heavy atom. The molecule has 78 valence electrons. The zero-order valence-electron chi connectivity index (χ0n) is 8.47. The first kappa shape index (κ1) is 9.60. The molecule has 2 nitrogen and oxygen atoms in total. The average molecular weight is 273 g/mol. The molecule has 3 heteroatoms. The highest BCUT2D eigenvalue weighted by molar-refractivity contribution is 9.10. The number of halogens is 1. The van der Waals surface area contributed by atoms with Crippen molar-refractivity contribution in [1.82, 2.24) is 9.38 Å². The lowest BCUT2D eigenvalue weighted by molar-refractivity contribution is 1.16. The molecule has 16 heavy (non-hydrogen) atoms. The lowest BCUT2D eigenvalue weighted by atomic mass is 10.1. The van der Waals surface area contributed by atoms with Gasteiger partial charge in [0, 0.05) is 4.47 Å². The molecule has 2 heterocycles. The second-order valence-electron chi connectivity index (χ2n) is 3.61. The molecule has 0 amide bonds. The van der Waals surface area contributed by atoms with Crippen LogP contribution in [0, 0.1) is 0 Å². The molecule has 0 fully saturated rings. The van der Waals surface area contributed by atoms with E-state index in [1.54, 1.807) is 0 Å². The van der Waals surface area contributed by atoms with Crippen LogP contribution in [-0.4, -0.2) is 9.38 Å². The third kappa shape index (κ3) is 1.53. The maximum atomic E-state index is 4.16. The first-order valence-electron chi connectivity index (χ1n) is 5.01. The molecule has 0 unspecified atom stereocenters. The average Bonchev–Trinajstić information content (AvgIpc) is 2.78. The van der Waals surface area contributed by atoms with Crippen molar-refractivity contribution in [3.63, 3.8) is 0 Å². The molecule has 0 aliphatic carbocycles. The maximum absolute atomic E-state index is 4.16. The van der Waals surface area contributed by atoms with E-state index in [1.807, 2.05) is 30.7 Å². The van der Waals surface area contributed by atoms with Crippen molar-refractivity contribution in [3.05, 3.63) is 59.5 Å². The van der Waals surface area contributed by atoms with Crippen LogP contribution in [0.2, 0.25) is 0 Å². The number of nitrogens with zero attached hydrogens (tertiary/aromatic N) is 2. The monoisotopic (exact) mass is 272 g/mol. The Kier molecular flexibility index (Phi) is 2.26. The number of aromatic nitrogens is 2. The standard InChI is InChI=1S/C13H9BrN2/c14-11-6-4-10(5-7-11)13-3-1-2-12-8-15-9-16(12)13/h1-9H. The van der Waals surface area contributed by atoms with Crippen LogP contribution in [0.4, 0.5) is 0 Å². The Labute approximate surface area is 102 Å². The Bertz CT molecular complexity index is 626. The number of rotatable bonds is 1. The zero-order chi connectivity index (χ0) is 11.0. The molecule has 0 saturated carbocycles. The molecule has 0 N–H and O–H groups in total. The van der Waals surface area contributed by atoms with Gasteiger partial charge in [-0.3, -0.25) is 4.40 Å². The molecule has 3 aromatic rings. The van der Waals surface area contributed by atoms with E-state index in [2.05, 4.69) is 49.6 Å². The minimum atomic E-state index is 1.09. The lowest BCUT2D eigenvalue weighted by Gasteiger charge is -2.05. The van der Waals surface area contributed by atoms with Gasteiger partial charge >= 0.3 is 0 Å². The van der Waals surface area contributed by atoms with E-state index in [0.717, 1.165) is 15.7 Å². The van der Waals surface area contributed by atoms with E-state index >= 15 is 0 Å². The van der Waals surface area contributed by atoms with Crippen molar-refractivity contribution in [2.45, 2.75) is 0 Å². The molecule has 0 bridgehead atoms. The van der Waals surface area contributed by atoms with Gasteiger partial charge in [0.1, 0.15) is 0 Å². The summed E-state index contributed by atoms with van der Waals surface area (Å²) >= 11 is 3.44. The number of hydrogen-bond acceptors (Lipinski definition) is 1. The second-order valence-corrected chi connectivity index (χ2v) is 4.52. The highest BCUT2D eigenvalue weighted by Gasteiger charge is 2.02. The van der Waals surface area contributed by atoms with Crippen molar-refractivity contribution >= 4 is 21.4 Å². The van der Waals surface area contributed by atoms with Crippen molar-refractivity contribution in [2.24, 2.45) is 0 Å². The van der Waals surface area contributed by atoms with Crippen LogP contribution >= 0.6 is 15.9 Å². The van der Waals surface area contributed by atoms with E-state index in [9.17, 15) is 0 Å². The second kappa shape index (κ2) is 3.76. The van der Waals surface area contributed by atoms with Gasteiger partial charge in [0.2, 0.25) is 0 Å². The van der Waals surface area contributed by atoms with Crippen LogP contribution in [0.3, 0.4) is 0 Å². The van der Waals surface area contributed by atoms with Crippen molar-refractivity contribution in [2.75, 3.05) is 0 Å². The minimum absolute atomic E-state index is 1.09. The van der Waals surface area contributed by atoms with Gasteiger partial charge in [-0.15, -0.1) is 0 Å². The fraction of sp³-hybridized carbons (Fsp3) is 0. The van der Waals surface area contributed by atoms with Gasteiger partial charge < -0.3 is 0 Å². The Morgan fingerprint density at radius 3 is 2.62 bits per heavy atom. The van der Waals surface area contributed by atoms with Crippen LogP contribution in [0.15, 0.2) is 59.5 Å². The predicted molar refractivity (Wildman–Crippen MR) is 68.3 cm³/mol. The quantitative estimate of drug-likeness (QED) is 0.659. The van der Waals surface area contributed by atoms with E-state index in [-0.39, 0.29) is 0 Å². The number of imidazole rings is 1. The van der Waals surface area contributed by atoms with Gasteiger partial charge in [-0.2, -0.15) is 0 Å². The topological polar surface area (TPSA) is 17.3 Å². The van der Waals surface area contributed by atoms with Gasteiger partial charge in [0.15, 0.2) is 0 Å². The summed E-state index contributed by atoms with van der Waals surface area (Å²) in [6.07, 6.45) is 3.70. The number of benzene rings is 1. The summed E-state index contributed by atoms with van der Waals surface area (Å²) < 4.78 is 3.18. The maximum Gasteiger partial charge on any atom is 0.0997 e. The van der Waals surface area contributed by atoms with E-state index < -0.39 is 0 Å². The van der Waals surface area contributed by atoms with Gasteiger partial charge in [0.05, 0.1) is 23.7 Å². The summed E-state index contributed by atoms with van der Waals surface area (Å²) in [4.78, 5) is 4.16. The third-order valence-electron chi connectivity index (χ3n) is 2.59. The van der Waals surface area contributed by atoms with Crippen molar-refractivity contribution in [3.8, 4) is 11.3 Å². The first-order chi connectivity index (χ1) is 7.84. The summed E-state index contributed by atoms with van der Waals surface area (Å²) in [5.74, 6) is 0. The van der Waals surface area contributed by atoms with Crippen molar-refractivity contribution in [1.29, 1.82) is 0 Å². The zero-order valence-corrected chi connectivity index (χ0v) is 10.1. The fourth-order valence-corrected chi connectivity index (χ4v) is 2.07. The lowest BCUT2D eigenvalue weighted by Crippen LogP contribution is -1.89. The molecule has 0 aliphatic heterocycles. The summed E-state index contributed by atoms with van der Waals surface area (Å²) in [5, 5.41) is 0. The first-order valence-corrected chi connectivity index (χ1v) is 5.81. The molecule has 1 aromatic carbocycles. The van der Waals surface area contributed by atoms with Crippen LogP contribution in [0.1, 0.15) is 0 Å². The van der Waals surface area contributed by atoms with Crippen LogP contribution < -0.4 is 0 Å². The molecular weight excluding hydrogens is 264 g/mol. The van der Waals surface area contributed by atoms with E-state index in [1.165, 1.54) is 5.56 Å². The number of fused-ring (bicyclic) bond motifs is 1. The fourth-order valence-electron chi connectivity index (χ4n) is 1.80. The molecule has 3 rings (SSSR count). The Hall–Kier alpha value is -1.61. The van der Waals surface area contributed by atoms with Crippen LogP contribution in [0.5, 0.6) is 0 Å². The summed E-state index contributed by atoms with van der Waals surface area (Å²) in [6, 6.07) is 14.5. The Balaban J connectivity index is 2.25. The summed E-state index contributed by atoms with van der Waals surface area (Å²) in [7, 11) is 0. The molecule has 0 spiro atoms. The summed E-state index contributed by atoms with van der Waals surface area (Å²) in [5.41, 5.74) is 3.45. The third-order valence-corrected chi connectivity index (χ3v) is 3.12. The van der Waals surface area contributed by atoms with Crippen LogP contribution in [0.25, 0.3) is 16.8 Å². The largest absolute Gasteiger partial charge is 0.299 e.